The Kier molecular flexibility index (Phi) is 4.95. The van der Waals surface area contributed by atoms with Crippen LogP contribution in [0.25, 0.3) is 11.1 Å². The van der Waals surface area contributed by atoms with E-state index >= 15 is 0 Å². The molecule has 0 radical (unpaired) electrons. The van der Waals surface area contributed by atoms with Gasteiger partial charge in [0.25, 0.3) is 0 Å². The van der Waals surface area contributed by atoms with Crippen LogP contribution in [-0.4, -0.2) is 36.8 Å². The minimum atomic E-state index is -1.90. The third-order valence-electron chi connectivity index (χ3n) is 3.84. The Bertz CT molecular complexity index is 511. The first-order chi connectivity index (χ1) is 9.18. The molecule has 0 unspecified atom stereocenters. The zero-order valence-corrected chi connectivity index (χ0v) is 19.3. The van der Waals surface area contributed by atoms with E-state index in [1.165, 1.54) is 11.1 Å². The van der Waals surface area contributed by atoms with Crippen LogP contribution in [0.5, 0.6) is 0 Å². The maximum atomic E-state index is 2.47. The van der Waals surface area contributed by atoms with E-state index in [-0.39, 0.29) is 0 Å². The monoisotopic (exact) mass is 482 g/mol. The number of rotatable bonds is 3. The second-order valence-corrected chi connectivity index (χ2v) is 36.6. The van der Waals surface area contributed by atoms with E-state index in [1.807, 2.05) is 0 Å². The summed E-state index contributed by atoms with van der Waals surface area (Å²) in [6.45, 7) is 0. The van der Waals surface area contributed by atoms with E-state index in [0.717, 1.165) is 0 Å². The summed E-state index contributed by atoms with van der Waals surface area (Å²) >= 11 is -3.81. The van der Waals surface area contributed by atoms with Crippen LogP contribution in [0.3, 0.4) is 0 Å². The van der Waals surface area contributed by atoms with Crippen molar-refractivity contribution in [2.75, 3.05) is 0 Å². The van der Waals surface area contributed by atoms with Crippen molar-refractivity contribution in [2.45, 2.75) is 29.6 Å². The molecule has 0 aliphatic heterocycles. The van der Waals surface area contributed by atoms with Crippen molar-refractivity contribution in [3.63, 3.8) is 0 Å². The molecule has 0 aliphatic carbocycles. The Balaban J connectivity index is 2.29. The van der Waals surface area contributed by atoms with E-state index in [1.54, 1.807) is 7.16 Å². The first-order valence-electron chi connectivity index (χ1n) is 7.39. The van der Waals surface area contributed by atoms with Gasteiger partial charge in [-0.05, 0) is 0 Å². The third-order valence-corrected chi connectivity index (χ3v) is 15.6. The van der Waals surface area contributed by atoms with Crippen LogP contribution in [0.15, 0.2) is 48.5 Å². The van der Waals surface area contributed by atoms with Gasteiger partial charge < -0.3 is 0 Å². The molecule has 106 valence electrons. The van der Waals surface area contributed by atoms with Gasteiger partial charge in [-0.1, -0.05) is 0 Å². The SMILES string of the molecule is [CH3][Sn]([CH3])([CH3])[c]1ccc(-c2cc[c]([Sn]([CH3])([CH3])[CH3])cc2)cc1. The van der Waals surface area contributed by atoms with Crippen LogP contribution >= 0.6 is 0 Å². The Morgan fingerprint density at radius 1 is 0.450 bits per heavy atom. The summed E-state index contributed by atoms with van der Waals surface area (Å²) in [5, 5.41) is 0. The standard InChI is InChI=1S/C12H8.6CH3.2Sn/c1-3-7-11(8-4-1)12-9-5-2-6-10-12;;;;;;;;/h3-10H;6*1H3;;. The second-order valence-electron chi connectivity index (χ2n) is 7.65. The summed E-state index contributed by atoms with van der Waals surface area (Å²) in [4.78, 5) is 14.8. The molecule has 0 amide bonds. The van der Waals surface area contributed by atoms with Gasteiger partial charge in [-0.2, -0.15) is 0 Å². The van der Waals surface area contributed by atoms with Crippen molar-refractivity contribution in [3.8, 4) is 11.1 Å². The summed E-state index contributed by atoms with van der Waals surface area (Å²) in [5.41, 5.74) is 2.69. The molecule has 0 aromatic heterocycles. The molecule has 0 saturated heterocycles. The normalized spacial score (nSPS) is 12.5. The topological polar surface area (TPSA) is 0 Å². The van der Waals surface area contributed by atoms with Crippen molar-refractivity contribution >= 4 is 43.9 Å². The van der Waals surface area contributed by atoms with E-state index < -0.39 is 36.8 Å². The van der Waals surface area contributed by atoms with Crippen molar-refractivity contribution in [2.24, 2.45) is 0 Å². The van der Waals surface area contributed by atoms with Gasteiger partial charge in [-0.25, -0.2) is 0 Å². The summed E-state index contributed by atoms with van der Waals surface area (Å²) in [6.07, 6.45) is 0. The van der Waals surface area contributed by atoms with Gasteiger partial charge in [-0.3, -0.25) is 0 Å². The van der Waals surface area contributed by atoms with Gasteiger partial charge in [0, 0.05) is 0 Å². The Morgan fingerprint density at radius 2 is 0.700 bits per heavy atom. The van der Waals surface area contributed by atoms with E-state index in [9.17, 15) is 0 Å². The summed E-state index contributed by atoms with van der Waals surface area (Å²) in [5.74, 6) is 0. The predicted molar refractivity (Wildman–Crippen MR) is 97.8 cm³/mol. The molecule has 20 heavy (non-hydrogen) atoms. The molecule has 0 heterocycles. The van der Waals surface area contributed by atoms with E-state index in [4.69, 9.17) is 0 Å². The van der Waals surface area contributed by atoms with Crippen molar-refractivity contribution in [1.29, 1.82) is 0 Å². The molecule has 0 aliphatic rings. The molecule has 0 spiro atoms. The molecule has 0 nitrogen and oxygen atoms in total. The van der Waals surface area contributed by atoms with Crippen molar-refractivity contribution < 1.29 is 0 Å². The van der Waals surface area contributed by atoms with Crippen molar-refractivity contribution in [1.82, 2.24) is 0 Å². The van der Waals surface area contributed by atoms with Crippen LogP contribution in [0.1, 0.15) is 0 Å². The molecule has 2 heteroatoms. The van der Waals surface area contributed by atoms with Gasteiger partial charge in [0.05, 0.1) is 0 Å². The Hall–Kier alpha value is 0.0374. The second kappa shape index (κ2) is 6.03. The molecule has 2 aromatic rings. The zero-order chi connectivity index (χ0) is 15.0. The van der Waals surface area contributed by atoms with Crippen LogP contribution in [0.2, 0.25) is 29.6 Å². The maximum absolute atomic E-state index is 2.47. The molecular weight excluding hydrogens is 454 g/mol. The fourth-order valence-electron chi connectivity index (χ4n) is 2.33. The zero-order valence-electron chi connectivity index (χ0n) is 13.6. The van der Waals surface area contributed by atoms with Gasteiger partial charge in [0.1, 0.15) is 0 Å². The minimum absolute atomic E-state index is 1.35. The molecule has 0 N–H and O–H groups in total. The fourth-order valence-corrected chi connectivity index (χ4v) is 8.98. The van der Waals surface area contributed by atoms with Crippen LogP contribution in [0.4, 0.5) is 0 Å². The molecule has 0 saturated carbocycles. The molecule has 2 aromatic carbocycles. The molecule has 0 fully saturated rings. The van der Waals surface area contributed by atoms with Gasteiger partial charge in [-0.15, -0.1) is 0 Å². The van der Waals surface area contributed by atoms with Crippen LogP contribution in [0, 0.1) is 0 Å². The molecule has 2 rings (SSSR count). The number of benzene rings is 2. The summed E-state index contributed by atoms with van der Waals surface area (Å²) < 4.78 is 3.20. The number of hydrogen-bond acceptors (Lipinski definition) is 0. The van der Waals surface area contributed by atoms with Crippen LogP contribution in [-0.2, 0) is 0 Å². The fraction of sp³-hybridized carbons (Fsp3) is 0.333. The average Bonchev–Trinajstić information content (AvgIpc) is 2.37. The third kappa shape index (κ3) is 4.03. The summed E-state index contributed by atoms with van der Waals surface area (Å²) in [7, 11) is 0. The van der Waals surface area contributed by atoms with Gasteiger partial charge in [0.2, 0.25) is 0 Å². The molecule has 0 bridgehead atoms. The molecule has 0 atom stereocenters. The first-order valence-corrected chi connectivity index (χ1v) is 27.4. The van der Waals surface area contributed by atoms with Gasteiger partial charge in [0.15, 0.2) is 0 Å². The molecular formula is C18H26Sn2. The van der Waals surface area contributed by atoms with E-state index in [0.29, 0.717) is 0 Å². The van der Waals surface area contributed by atoms with Crippen molar-refractivity contribution in [3.05, 3.63) is 48.5 Å². The Labute approximate surface area is 132 Å². The summed E-state index contributed by atoms with van der Waals surface area (Å²) in [6, 6.07) is 18.6. The van der Waals surface area contributed by atoms with Gasteiger partial charge >= 0.3 is 133 Å². The van der Waals surface area contributed by atoms with E-state index in [2.05, 4.69) is 78.2 Å². The van der Waals surface area contributed by atoms with Crippen LogP contribution < -0.4 is 7.16 Å². The Morgan fingerprint density at radius 3 is 0.900 bits per heavy atom. The number of hydrogen-bond donors (Lipinski definition) is 0. The first kappa shape index (κ1) is 16.4. The quantitative estimate of drug-likeness (QED) is 0.571. The predicted octanol–water partition coefficient (Wildman–Crippen LogP) is 4.44. The average molecular weight is 480 g/mol.